The molecule has 2 rings (SSSR count). The minimum atomic E-state index is -0.372. The van der Waals surface area contributed by atoms with Crippen LogP contribution in [0.25, 0.3) is 0 Å². The van der Waals surface area contributed by atoms with E-state index in [1.807, 2.05) is 0 Å². The molecule has 0 aromatic heterocycles. The smallest absolute Gasteiger partial charge is 0.271 e. The van der Waals surface area contributed by atoms with E-state index < -0.39 is 0 Å². The number of phenols is 1. The molecule has 0 aliphatic heterocycles. The van der Waals surface area contributed by atoms with Crippen LogP contribution in [0, 0.1) is 0 Å². The van der Waals surface area contributed by atoms with Gasteiger partial charge in [0.2, 0.25) is 0 Å². The number of hydrogen-bond acceptors (Lipinski definition) is 4. The van der Waals surface area contributed by atoms with Gasteiger partial charge in [0.25, 0.3) is 5.91 Å². The summed E-state index contributed by atoms with van der Waals surface area (Å²) in [4.78, 5) is 12.0. The molecule has 0 spiro atoms. The lowest BCUT2D eigenvalue weighted by atomic mass is 10.2. The van der Waals surface area contributed by atoms with Crippen LogP contribution in [0.1, 0.15) is 15.9 Å². The lowest BCUT2D eigenvalue weighted by Crippen LogP contribution is -2.17. The van der Waals surface area contributed by atoms with Gasteiger partial charge in [-0.3, -0.25) is 4.79 Å². The van der Waals surface area contributed by atoms with Crippen LogP contribution in [0.4, 0.5) is 0 Å². The van der Waals surface area contributed by atoms with E-state index in [1.54, 1.807) is 36.4 Å². The number of hydrazone groups is 1. The standard InChI is InChI=1S/C15H12Br2N2O3/c1-22-12-4-2-3-9(6-12)15(21)19-18-8-10-5-11(16)7-13(17)14(10)20/h2-8,20H,1H3,(H,19,21). The van der Waals surface area contributed by atoms with Gasteiger partial charge in [-0.2, -0.15) is 5.10 Å². The summed E-state index contributed by atoms with van der Waals surface area (Å²) >= 11 is 6.54. The van der Waals surface area contributed by atoms with Gasteiger partial charge >= 0.3 is 0 Å². The molecule has 0 aliphatic rings. The van der Waals surface area contributed by atoms with E-state index in [9.17, 15) is 9.90 Å². The number of benzene rings is 2. The molecule has 0 fully saturated rings. The summed E-state index contributed by atoms with van der Waals surface area (Å²) in [5.74, 6) is 0.261. The molecule has 0 atom stereocenters. The van der Waals surface area contributed by atoms with E-state index in [0.717, 1.165) is 4.47 Å². The number of ether oxygens (including phenoxy) is 1. The zero-order valence-electron chi connectivity index (χ0n) is 11.5. The van der Waals surface area contributed by atoms with E-state index >= 15 is 0 Å². The maximum Gasteiger partial charge on any atom is 0.271 e. The Morgan fingerprint density at radius 3 is 2.82 bits per heavy atom. The Labute approximate surface area is 144 Å². The van der Waals surface area contributed by atoms with Crippen molar-refractivity contribution in [2.24, 2.45) is 5.10 Å². The number of aromatic hydroxyl groups is 1. The van der Waals surface area contributed by atoms with Crippen LogP contribution >= 0.6 is 31.9 Å². The van der Waals surface area contributed by atoms with Crippen molar-refractivity contribution < 1.29 is 14.6 Å². The fourth-order valence-corrected chi connectivity index (χ4v) is 2.93. The molecule has 2 N–H and O–H groups in total. The molecule has 0 bridgehead atoms. The number of carbonyl (C=O) groups is 1. The SMILES string of the molecule is COc1cccc(C(=O)NN=Cc2cc(Br)cc(Br)c2O)c1. The second kappa shape index (κ2) is 7.42. The van der Waals surface area contributed by atoms with Gasteiger partial charge in [0.1, 0.15) is 11.5 Å². The van der Waals surface area contributed by atoms with Gasteiger partial charge in [-0.15, -0.1) is 0 Å². The van der Waals surface area contributed by atoms with Crippen LogP contribution in [0.3, 0.4) is 0 Å². The summed E-state index contributed by atoms with van der Waals surface area (Å²) in [5, 5.41) is 13.7. The first-order chi connectivity index (χ1) is 10.5. The predicted molar refractivity (Wildman–Crippen MR) is 91.6 cm³/mol. The molecule has 114 valence electrons. The van der Waals surface area contributed by atoms with E-state index in [2.05, 4.69) is 42.4 Å². The van der Waals surface area contributed by atoms with Crippen molar-refractivity contribution in [3.8, 4) is 11.5 Å². The number of amides is 1. The lowest BCUT2D eigenvalue weighted by molar-refractivity contribution is 0.0954. The normalized spacial score (nSPS) is 10.7. The number of methoxy groups -OCH3 is 1. The molecular weight excluding hydrogens is 416 g/mol. The van der Waals surface area contributed by atoms with Gasteiger partial charge in [-0.1, -0.05) is 22.0 Å². The quantitative estimate of drug-likeness (QED) is 0.577. The number of nitrogens with one attached hydrogen (secondary N) is 1. The summed E-state index contributed by atoms with van der Waals surface area (Å²) in [7, 11) is 1.53. The average Bonchev–Trinajstić information content (AvgIpc) is 2.51. The molecule has 0 radical (unpaired) electrons. The van der Waals surface area contributed by atoms with E-state index in [1.165, 1.54) is 13.3 Å². The van der Waals surface area contributed by atoms with Crippen LogP contribution in [0.5, 0.6) is 11.5 Å². The van der Waals surface area contributed by atoms with Gasteiger partial charge in [-0.25, -0.2) is 5.43 Å². The Morgan fingerprint density at radius 1 is 1.32 bits per heavy atom. The minimum absolute atomic E-state index is 0.0441. The zero-order valence-corrected chi connectivity index (χ0v) is 14.7. The third kappa shape index (κ3) is 4.08. The van der Waals surface area contributed by atoms with Crippen molar-refractivity contribution >= 4 is 44.0 Å². The number of rotatable bonds is 4. The summed E-state index contributed by atoms with van der Waals surface area (Å²) < 4.78 is 6.36. The molecule has 0 saturated carbocycles. The van der Waals surface area contributed by atoms with Gasteiger partial charge in [0.15, 0.2) is 0 Å². The fourth-order valence-electron chi connectivity index (χ4n) is 1.67. The largest absolute Gasteiger partial charge is 0.506 e. The maximum absolute atomic E-state index is 12.0. The van der Waals surface area contributed by atoms with Crippen LogP contribution in [-0.2, 0) is 0 Å². The third-order valence-corrected chi connectivity index (χ3v) is 3.82. The van der Waals surface area contributed by atoms with E-state index in [0.29, 0.717) is 21.3 Å². The third-order valence-electron chi connectivity index (χ3n) is 2.76. The summed E-state index contributed by atoms with van der Waals surface area (Å²) in [6.45, 7) is 0. The molecule has 5 nitrogen and oxygen atoms in total. The molecule has 0 heterocycles. The Balaban J connectivity index is 2.10. The van der Waals surface area contributed by atoms with Gasteiger partial charge < -0.3 is 9.84 Å². The second-order valence-electron chi connectivity index (χ2n) is 4.26. The Hall–Kier alpha value is -1.86. The van der Waals surface area contributed by atoms with Crippen LogP contribution in [0.2, 0.25) is 0 Å². The topological polar surface area (TPSA) is 70.9 Å². The van der Waals surface area contributed by atoms with Crippen LogP contribution in [0.15, 0.2) is 50.4 Å². The van der Waals surface area contributed by atoms with Crippen molar-refractivity contribution in [1.29, 1.82) is 0 Å². The monoisotopic (exact) mass is 426 g/mol. The first-order valence-electron chi connectivity index (χ1n) is 6.16. The molecule has 0 saturated heterocycles. The molecule has 1 amide bonds. The molecule has 2 aromatic carbocycles. The first-order valence-corrected chi connectivity index (χ1v) is 7.75. The molecule has 0 aliphatic carbocycles. The van der Waals surface area contributed by atoms with E-state index in [4.69, 9.17) is 4.74 Å². The van der Waals surface area contributed by atoms with Gasteiger partial charge in [-0.05, 0) is 46.3 Å². The Bertz CT molecular complexity index is 733. The van der Waals surface area contributed by atoms with Crippen LogP contribution in [-0.4, -0.2) is 24.3 Å². The molecule has 7 heteroatoms. The van der Waals surface area contributed by atoms with Gasteiger partial charge in [0, 0.05) is 15.6 Å². The summed E-state index contributed by atoms with van der Waals surface area (Å²) in [6, 6.07) is 10.1. The number of nitrogens with zero attached hydrogens (tertiary/aromatic N) is 1. The van der Waals surface area contributed by atoms with Crippen molar-refractivity contribution in [2.45, 2.75) is 0 Å². The van der Waals surface area contributed by atoms with E-state index in [-0.39, 0.29) is 11.7 Å². The minimum Gasteiger partial charge on any atom is -0.506 e. The highest BCUT2D eigenvalue weighted by molar-refractivity contribution is 9.11. The number of halogens is 2. The summed E-state index contributed by atoms with van der Waals surface area (Å²) in [5.41, 5.74) is 3.29. The Morgan fingerprint density at radius 2 is 2.09 bits per heavy atom. The van der Waals surface area contributed by atoms with Gasteiger partial charge in [0.05, 0.1) is 17.8 Å². The van der Waals surface area contributed by atoms with Crippen molar-refractivity contribution in [3.63, 3.8) is 0 Å². The first kappa shape index (κ1) is 16.5. The lowest BCUT2D eigenvalue weighted by Gasteiger charge is -2.04. The molecule has 0 unspecified atom stereocenters. The number of phenolic OH excluding ortho intramolecular Hbond substituents is 1. The average molecular weight is 428 g/mol. The number of carbonyl (C=O) groups excluding carboxylic acids is 1. The fraction of sp³-hybridized carbons (Fsp3) is 0.0667. The highest BCUT2D eigenvalue weighted by atomic mass is 79.9. The summed E-state index contributed by atoms with van der Waals surface area (Å²) in [6.07, 6.45) is 1.36. The molecule has 2 aromatic rings. The molecule has 22 heavy (non-hydrogen) atoms. The Kier molecular flexibility index (Phi) is 5.57. The second-order valence-corrected chi connectivity index (χ2v) is 6.03. The highest BCUT2D eigenvalue weighted by Crippen LogP contribution is 2.30. The predicted octanol–water partition coefficient (Wildman–Crippen LogP) is 3.69. The highest BCUT2D eigenvalue weighted by Gasteiger charge is 2.07. The maximum atomic E-state index is 12.0. The van der Waals surface area contributed by atoms with Crippen molar-refractivity contribution in [1.82, 2.24) is 5.43 Å². The zero-order chi connectivity index (χ0) is 16.1. The van der Waals surface area contributed by atoms with Crippen LogP contribution < -0.4 is 10.2 Å². The van der Waals surface area contributed by atoms with Crippen molar-refractivity contribution in [2.75, 3.05) is 7.11 Å². The van der Waals surface area contributed by atoms with Crippen molar-refractivity contribution in [3.05, 3.63) is 56.5 Å². The number of hydrogen-bond donors (Lipinski definition) is 2. The molecular formula is C15H12Br2N2O3.